The van der Waals surface area contributed by atoms with Crippen molar-refractivity contribution in [2.24, 2.45) is 5.92 Å². The second-order valence-corrected chi connectivity index (χ2v) is 7.82. The Bertz CT molecular complexity index is 957. The highest BCUT2D eigenvalue weighted by atomic mass is 32.1. The van der Waals surface area contributed by atoms with Crippen molar-refractivity contribution in [1.29, 1.82) is 0 Å². The lowest BCUT2D eigenvalue weighted by Gasteiger charge is -2.18. The Morgan fingerprint density at radius 2 is 1.87 bits per heavy atom. The molecule has 0 aromatic carbocycles. The van der Waals surface area contributed by atoms with Gasteiger partial charge in [-0.2, -0.15) is 4.68 Å². The summed E-state index contributed by atoms with van der Waals surface area (Å²) in [5.74, 6) is 1.45. The third-order valence-electron chi connectivity index (χ3n) is 4.90. The Balaban J connectivity index is 2.06. The van der Waals surface area contributed by atoms with Gasteiger partial charge in [0.05, 0.1) is 5.39 Å². The van der Waals surface area contributed by atoms with Gasteiger partial charge in [-0.1, -0.05) is 6.92 Å². The van der Waals surface area contributed by atoms with Crippen LogP contribution in [0.5, 0.6) is 0 Å². The third kappa shape index (κ3) is 2.10. The molecule has 0 amide bonds. The van der Waals surface area contributed by atoms with Crippen molar-refractivity contribution in [2.75, 3.05) is 0 Å². The van der Waals surface area contributed by atoms with Crippen molar-refractivity contribution >= 4 is 21.6 Å². The number of thiophene rings is 1. The Morgan fingerprint density at radius 3 is 2.57 bits per heavy atom. The van der Waals surface area contributed by atoms with Gasteiger partial charge in [-0.05, 0) is 63.6 Å². The van der Waals surface area contributed by atoms with Crippen LogP contribution in [0.25, 0.3) is 10.2 Å². The van der Waals surface area contributed by atoms with Crippen molar-refractivity contribution in [2.45, 2.75) is 47.0 Å². The average Bonchev–Trinajstić information content (AvgIpc) is 3.00. The second-order valence-electron chi connectivity index (χ2n) is 6.74. The van der Waals surface area contributed by atoms with E-state index in [0.29, 0.717) is 5.92 Å². The second kappa shape index (κ2) is 5.06. The zero-order valence-corrected chi connectivity index (χ0v) is 14.8. The molecule has 3 aromatic rings. The molecule has 0 aliphatic heterocycles. The van der Waals surface area contributed by atoms with Crippen LogP contribution in [0, 0.1) is 26.7 Å². The molecule has 5 heteroatoms. The molecule has 1 aliphatic rings. The predicted octanol–water partition coefficient (Wildman–Crippen LogP) is 3.62. The van der Waals surface area contributed by atoms with Gasteiger partial charge < -0.3 is 0 Å². The van der Waals surface area contributed by atoms with Gasteiger partial charge >= 0.3 is 0 Å². The number of fused-ring (bicyclic) bond motifs is 3. The lowest BCUT2D eigenvalue weighted by molar-refractivity contribution is 0.508. The molecule has 0 fully saturated rings. The minimum absolute atomic E-state index is 0.0713. The summed E-state index contributed by atoms with van der Waals surface area (Å²) in [4.78, 5) is 20.3. The Morgan fingerprint density at radius 1 is 1.17 bits per heavy atom. The van der Waals surface area contributed by atoms with E-state index in [0.717, 1.165) is 46.7 Å². The molecule has 1 aliphatic carbocycles. The number of hydrogen-bond acceptors (Lipinski definition) is 3. The monoisotopic (exact) mass is 327 g/mol. The zero-order chi connectivity index (χ0) is 16.3. The lowest BCUT2D eigenvalue weighted by atomic mass is 9.89. The van der Waals surface area contributed by atoms with Gasteiger partial charge in [0.25, 0.3) is 5.56 Å². The van der Waals surface area contributed by atoms with Crippen molar-refractivity contribution < 1.29 is 0 Å². The quantitative estimate of drug-likeness (QED) is 0.685. The standard InChI is InChI=1S/C18H21N3OS/c1-10-5-8-14-15(9-10)23-17-16(14)18(22)21(13(4)19-17)20-11(2)6-7-12(20)3/h6-7,10H,5,8-9H2,1-4H3/t10-/m1/s1. The van der Waals surface area contributed by atoms with Crippen molar-refractivity contribution in [3.05, 3.63) is 50.1 Å². The molecule has 0 saturated carbocycles. The van der Waals surface area contributed by atoms with Crippen LogP contribution in [-0.4, -0.2) is 14.3 Å². The van der Waals surface area contributed by atoms with E-state index in [4.69, 9.17) is 4.98 Å². The summed E-state index contributed by atoms with van der Waals surface area (Å²) in [5.41, 5.74) is 3.41. The van der Waals surface area contributed by atoms with Crippen molar-refractivity contribution in [3.63, 3.8) is 0 Å². The van der Waals surface area contributed by atoms with Gasteiger partial charge in [0, 0.05) is 16.3 Å². The SMILES string of the molecule is Cc1ccc(C)n1-n1c(C)nc2sc3c(c2c1=O)CC[C@@H](C)C3. The van der Waals surface area contributed by atoms with Crippen LogP contribution >= 0.6 is 11.3 Å². The smallest absolute Gasteiger partial charge is 0.267 e. The maximum atomic E-state index is 13.3. The number of aromatic nitrogens is 3. The van der Waals surface area contributed by atoms with E-state index < -0.39 is 0 Å². The zero-order valence-electron chi connectivity index (χ0n) is 14.0. The van der Waals surface area contributed by atoms with Gasteiger partial charge in [0.1, 0.15) is 10.7 Å². The van der Waals surface area contributed by atoms with E-state index in [1.807, 2.05) is 37.6 Å². The first-order valence-corrected chi connectivity index (χ1v) is 8.98. The molecule has 23 heavy (non-hydrogen) atoms. The molecule has 4 nitrogen and oxygen atoms in total. The summed E-state index contributed by atoms with van der Waals surface area (Å²) in [6.45, 7) is 8.25. The molecule has 1 atom stereocenters. The number of nitrogens with zero attached hydrogens (tertiary/aromatic N) is 3. The van der Waals surface area contributed by atoms with Gasteiger partial charge in [-0.3, -0.25) is 9.47 Å². The van der Waals surface area contributed by atoms with E-state index in [1.165, 1.54) is 10.4 Å². The molecule has 0 bridgehead atoms. The normalized spacial score (nSPS) is 17.7. The molecule has 3 heterocycles. The minimum atomic E-state index is 0.0713. The fourth-order valence-corrected chi connectivity index (χ4v) is 5.11. The third-order valence-corrected chi connectivity index (χ3v) is 6.05. The summed E-state index contributed by atoms with van der Waals surface area (Å²) in [5, 5.41) is 0.843. The first-order chi connectivity index (χ1) is 11.0. The highest BCUT2D eigenvalue weighted by Gasteiger charge is 2.24. The molecule has 120 valence electrons. The fraction of sp³-hybridized carbons (Fsp3) is 0.444. The molecular weight excluding hydrogens is 306 g/mol. The molecule has 0 unspecified atom stereocenters. The molecule has 0 N–H and O–H groups in total. The fourth-order valence-electron chi connectivity index (χ4n) is 3.69. The van der Waals surface area contributed by atoms with Crippen LogP contribution < -0.4 is 5.56 Å². The van der Waals surface area contributed by atoms with Crippen LogP contribution in [0.4, 0.5) is 0 Å². The lowest BCUT2D eigenvalue weighted by Crippen LogP contribution is -2.31. The molecular formula is C18H21N3OS. The van der Waals surface area contributed by atoms with Crippen LogP contribution in [-0.2, 0) is 12.8 Å². The van der Waals surface area contributed by atoms with Crippen LogP contribution in [0.1, 0.15) is 41.0 Å². The number of hydrogen-bond donors (Lipinski definition) is 0. The summed E-state index contributed by atoms with van der Waals surface area (Å²) in [7, 11) is 0. The van der Waals surface area contributed by atoms with Crippen LogP contribution in [0.3, 0.4) is 0 Å². The Hall–Kier alpha value is -1.88. The van der Waals surface area contributed by atoms with Crippen LogP contribution in [0.2, 0.25) is 0 Å². The first-order valence-electron chi connectivity index (χ1n) is 8.17. The summed E-state index contributed by atoms with van der Waals surface area (Å²) >= 11 is 1.71. The van der Waals surface area contributed by atoms with Gasteiger partial charge in [0.2, 0.25) is 0 Å². The summed E-state index contributed by atoms with van der Waals surface area (Å²) in [6.07, 6.45) is 3.24. The van der Waals surface area contributed by atoms with Gasteiger partial charge in [-0.15, -0.1) is 11.3 Å². The maximum Gasteiger partial charge on any atom is 0.281 e. The minimum Gasteiger partial charge on any atom is -0.267 e. The van der Waals surface area contributed by atoms with Crippen molar-refractivity contribution in [3.8, 4) is 0 Å². The average molecular weight is 327 g/mol. The highest BCUT2D eigenvalue weighted by molar-refractivity contribution is 7.18. The Labute approximate surface area is 139 Å². The van der Waals surface area contributed by atoms with E-state index in [-0.39, 0.29) is 5.56 Å². The largest absolute Gasteiger partial charge is 0.281 e. The Kier molecular flexibility index (Phi) is 3.23. The molecule has 0 spiro atoms. The summed E-state index contributed by atoms with van der Waals surface area (Å²) < 4.78 is 3.71. The topological polar surface area (TPSA) is 39.8 Å². The number of aryl methyl sites for hydroxylation is 4. The first kappa shape index (κ1) is 14.7. The molecule has 0 radical (unpaired) electrons. The summed E-state index contributed by atoms with van der Waals surface area (Å²) in [6, 6.07) is 4.08. The maximum absolute atomic E-state index is 13.3. The molecule has 0 saturated heterocycles. The van der Waals surface area contributed by atoms with E-state index in [1.54, 1.807) is 16.0 Å². The molecule has 4 rings (SSSR count). The van der Waals surface area contributed by atoms with Crippen molar-refractivity contribution in [1.82, 2.24) is 14.3 Å². The van der Waals surface area contributed by atoms with E-state index in [9.17, 15) is 4.79 Å². The van der Waals surface area contributed by atoms with Crippen LogP contribution in [0.15, 0.2) is 16.9 Å². The van der Waals surface area contributed by atoms with Gasteiger partial charge in [-0.25, -0.2) is 4.98 Å². The number of rotatable bonds is 1. The van der Waals surface area contributed by atoms with Gasteiger partial charge in [0.15, 0.2) is 0 Å². The highest BCUT2D eigenvalue weighted by Crippen LogP contribution is 2.35. The molecule has 3 aromatic heterocycles. The van der Waals surface area contributed by atoms with E-state index in [2.05, 4.69) is 6.92 Å². The predicted molar refractivity (Wildman–Crippen MR) is 94.5 cm³/mol. The van der Waals surface area contributed by atoms with E-state index >= 15 is 0 Å².